The average molecular weight is 717 g/mol. The van der Waals surface area contributed by atoms with Gasteiger partial charge in [-0.25, -0.2) is 33.2 Å². The molecule has 6 atom stereocenters. The first-order chi connectivity index (χ1) is 21.6. The van der Waals surface area contributed by atoms with Gasteiger partial charge in [0.1, 0.15) is 24.1 Å². The second kappa shape index (κ2) is 13.6. The molecule has 2 aromatic heterocycles. The number of phosphoric acid groups is 2. The van der Waals surface area contributed by atoms with Crippen LogP contribution < -0.4 is 5.73 Å². The number of hydrogen-bond acceptors (Lipinski definition) is 14. The summed E-state index contributed by atoms with van der Waals surface area (Å²) in [4.78, 5) is 63.0. The number of carbonyl (C=O) groups is 1. The van der Waals surface area contributed by atoms with Gasteiger partial charge in [0.25, 0.3) is 0 Å². The van der Waals surface area contributed by atoms with Gasteiger partial charge in [-0.05, 0) is 41.5 Å². The maximum absolute atomic E-state index is 13.2. The zero-order valence-electron chi connectivity index (χ0n) is 23.2. The lowest BCUT2D eigenvalue weighted by Gasteiger charge is -2.22. The number of aliphatic hydroxyl groups is 1. The molecule has 1 saturated heterocycles. The minimum Gasteiger partial charge on any atom is -0.451 e. The van der Waals surface area contributed by atoms with Gasteiger partial charge in [0.15, 0.2) is 23.8 Å². The van der Waals surface area contributed by atoms with Crippen LogP contribution in [0.25, 0.3) is 11.2 Å². The van der Waals surface area contributed by atoms with Crippen molar-refractivity contribution in [1.82, 2.24) is 19.5 Å². The number of esters is 1. The number of aromatic nitrogens is 4. The van der Waals surface area contributed by atoms with Crippen LogP contribution in [0.15, 0.2) is 67.3 Å². The molecule has 0 radical (unpaired) electrons. The molecule has 1 fully saturated rings. The fourth-order valence-corrected chi connectivity index (χ4v) is 8.30. The topological polar surface area (TPSA) is 268 Å². The highest BCUT2D eigenvalue weighted by Crippen LogP contribution is 2.66. The number of rotatable bonds is 12. The van der Waals surface area contributed by atoms with Gasteiger partial charge in [-0.3, -0.25) is 9.09 Å². The number of phosphoric ester groups is 1. The van der Waals surface area contributed by atoms with Gasteiger partial charge in [0, 0.05) is 0 Å². The Labute approximate surface area is 264 Å². The molecule has 6 unspecified atom stereocenters. The molecule has 0 spiro atoms. The molecule has 0 amide bonds. The Hall–Kier alpha value is -2.99. The Morgan fingerprint density at radius 1 is 0.957 bits per heavy atom. The van der Waals surface area contributed by atoms with E-state index in [0.717, 1.165) is 17.5 Å². The van der Waals surface area contributed by atoms with E-state index in [1.165, 1.54) is 10.9 Å². The van der Waals surface area contributed by atoms with Crippen molar-refractivity contribution in [3.05, 3.63) is 83.9 Å². The molecule has 18 nitrogen and oxygen atoms in total. The Morgan fingerprint density at radius 3 is 2.30 bits per heavy atom. The number of nitrogens with two attached hydrogens (primary N) is 1. The van der Waals surface area contributed by atoms with Gasteiger partial charge >= 0.3 is 28.3 Å². The normalized spacial score (nSPS) is 22.7. The van der Waals surface area contributed by atoms with Crippen LogP contribution in [0.2, 0.25) is 0 Å². The van der Waals surface area contributed by atoms with E-state index in [-0.39, 0.29) is 22.5 Å². The second-order valence-electron chi connectivity index (χ2n) is 9.75. The number of hydrogen-bond donors (Lipinski definition) is 6. The van der Waals surface area contributed by atoms with Crippen LogP contribution in [0, 0.1) is 0 Å². The summed E-state index contributed by atoms with van der Waals surface area (Å²) in [6, 6.07) is 16.3. The molecule has 7 N–H and O–H groups in total. The van der Waals surface area contributed by atoms with Crippen LogP contribution in [0.1, 0.15) is 27.7 Å². The lowest BCUT2D eigenvalue weighted by Crippen LogP contribution is -2.37. The molecule has 246 valence electrons. The fourth-order valence-electron chi connectivity index (χ4n) is 4.52. The van der Waals surface area contributed by atoms with Gasteiger partial charge in [-0.1, -0.05) is 42.5 Å². The van der Waals surface area contributed by atoms with Crippen molar-refractivity contribution >= 4 is 57.1 Å². The van der Waals surface area contributed by atoms with E-state index < -0.39 is 59.5 Å². The number of carbonyl (C=O) groups excluding carboxylic acids is 1. The third-order valence-corrected chi connectivity index (χ3v) is 10.9. The van der Waals surface area contributed by atoms with Gasteiger partial charge < -0.3 is 39.9 Å². The van der Waals surface area contributed by atoms with Crippen LogP contribution in [0.3, 0.4) is 0 Å². The minimum absolute atomic E-state index is 0.0247. The predicted octanol–water partition coefficient (Wildman–Crippen LogP) is 1.94. The molecule has 22 heteroatoms. The number of imidazole rings is 1. The van der Waals surface area contributed by atoms with Crippen molar-refractivity contribution in [2.45, 2.75) is 31.0 Å². The summed E-state index contributed by atoms with van der Waals surface area (Å²) in [7, 11) is -11.1. The molecule has 0 bridgehead atoms. The first-order valence-corrected chi connectivity index (χ1v) is 18.6. The Bertz CT molecular complexity index is 1860. The average Bonchev–Trinajstić information content (AvgIpc) is 3.52. The van der Waals surface area contributed by atoms with Gasteiger partial charge in [0.2, 0.25) is 0 Å². The summed E-state index contributed by atoms with van der Waals surface area (Å²) in [5, 5.41) is 11.1. The predicted molar refractivity (Wildman–Crippen MR) is 161 cm³/mol. The molecule has 2 aromatic carbocycles. The van der Waals surface area contributed by atoms with Crippen LogP contribution in [0.4, 0.5) is 5.82 Å². The molecule has 46 heavy (non-hydrogen) atoms. The van der Waals surface area contributed by atoms with E-state index >= 15 is 0 Å². The number of nitrogen functional groups attached to an aromatic ring is 1. The third-order valence-electron chi connectivity index (χ3n) is 6.48. The van der Waals surface area contributed by atoms with Gasteiger partial charge in [0.05, 0.1) is 18.5 Å². The van der Waals surface area contributed by atoms with Crippen molar-refractivity contribution in [3.63, 3.8) is 0 Å². The quantitative estimate of drug-likeness (QED) is 0.0903. The summed E-state index contributed by atoms with van der Waals surface area (Å²) in [5.74, 6) is -0.820. The van der Waals surface area contributed by atoms with Crippen molar-refractivity contribution < 1.29 is 61.2 Å². The Kier molecular flexibility index (Phi) is 10.2. The van der Waals surface area contributed by atoms with Crippen molar-refractivity contribution in [2.75, 3.05) is 12.3 Å². The highest BCUT2D eigenvalue weighted by molar-refractivity contribution is 8.08. The van der Waals surface area contributed by atoms with E-state index in [2.05, 4.69) is 35.4 Å². The molecule has 0 aliphatic carbocycles. The van der Waals surface area contributed by atoms with Crippen LogP contribution in [-0.2, 0) is 50.0 Å². The molecule has 5 rings (SSSR count). The molecule has 0 saturated carbocycles. The van der Waals surface area contributed by atoms with Crippen molar-refractivity contribution in [2.24, 2.45) is 0 Å². The summed E-state index contributed by atoms with van der Waals surface area (Å²) >= 11 is 4.06. The van der Waals surface area contributed by atoms with Crippen molar-refractivity contribution in [1.29, 1.82) is 0 Å². The lowest BCUT2D eigenvalue weighted by molar-refractivity contribution is -0.0558. The SMILES string of the molecule is Nc1ncnc2c1ncn2C1OC(COP(=O)(O)OP(=O)(O)OP(O)(O)=S)C(O)C1OC(=O)c1ccc(Cc2ccccc2)cc1. The summed E-state index contributed by atoms with van der Waals surface area (Å²) < 4.78 is 49.5. The summed E-state index contributed by atoms with van der Waals surface area (Å²) in [6.07, 6.45) is -3.06. The Balaban J connectivity index is 1.35. The molecule has 1 aliphatic rings. The van der Waals surface area contributed by atoms with Crippen LogP contribution in [-0.4, -0.2) is 75.1 Å². The molecule has 4 aromatic rings. The smallest absolute Gasteiger partial charge is 0.451 e. The van der Waals surface area contributed by atoms with E-state index in [1.807, 2.05) is 30.3 Å². The zero-order chi connectivity index (χ0) is 33.3. The largest absolute Gasteiger partial charge is 0.488 e. The zero-order valence-corrected chi connectivity index (χ0v) is 26.7. The second-order valence-corrected chi connectivity index (χ2v) is 15.6. The fraction of sp³-hybridized carbons (Fsp3) is 0.250. The highest BCUT2D eigenvalue weighted by Gasteiger charge is 2.49. The number of aliphatic hydroxyl groups excluding tert-OH is 1. The molecule has 3 heterocycles. The Morgan fingerprint density at radius 2 is 1.63 bits per heavy atom. The van der Waals surface area contributed by atoms with Crippen LogP contribution in [0.5, 0.6) is 0 Å². The van der Waals surface area contributed by atoms with Gasteiger partial charge in [-0.15, -0.1) is 0 Å². The van der Waals surface area contributed by atoms with E-state index in [4.69, 9.17) is 29.5 Å². The number of benzene rings is 2. The monoisotopic (exact) mass is 717 g/mol. The van der Waals surface area contributed by atoms with E-state index in [9.17, 15) is 28.8 Å². The molecule has 1 aliphatic heterocycles. The summed E-state index contributed by atoms with van der Waals surface area (Å²) in [6.45, 7) is -5.75. The maximum Gasteiger partial charge on any atom is 0.488 e. The number of nitrogens with zero attached hydrogens (tertiary/aromatic N) is 4. The van der Waals surface area contributed by atoms with Gasteiger partial charge in [-0.2, -0.15) is 4.31 Å². The third kappa shape index (κ3) is 8.48. The number of fused-ring (bicyclic) bond motifs is 1. The maximum atomic E-state index is 13.2. The standard InChI is InChI=1S/C24H26N5O13P3S/c25-21-18-22(27-12-26-21)29(13-28-18)23-20(40-24(31)16-8-6-15(7-9-16)10-14-4-2-1-3-5-14)19(30)17(39-23)11-38-43(32,33)41-44(34,35)42-45(36,37)46/h1-9,12-13,17,19-20,23,30H,10-11H2,(H,32,33)(H,34,35)(H2,25,26,27)(H2,36,37,46). The first-order valence-electron chi connectivity index (χ1n) is 13.0. The van der Waals surface area contributed by atoms with E-state index in [0.29, 0.717) is 6.42 Å². The first kappa shape index (κ1) is 34.3. The van der Waals surface area contributed by atoms with Crippen LogP contribution >= 0.6 is 22.4 Å². The molecular weight excluding hydrogens is 691 g/mol. The van der Waals surface area contributed by atoms with E-state index in [1.54, 1.807) is 24.3 Å². The number of ether oxygens (including phenoxy) is 2. The number of anilines is 1. The minimum atomic E-state index is -5.59. The van der Waals surface area contributed by atoms with Crippen molar-refractivity contribution in [3.8, 4) is 0 Å². The summed E-state index contributed by atoms with van der Waals surface area (Å²) in [5.41, 5.74) is 8.32. The highest BCUT2D eigenvalue weighted by atomic mass is 32.5. The molecular formula is C24H26N5O13P3S. The lowest BCUT2D eigenvalue weighted by atomic mass is 10.0.